The van der Waals surface area contributed by atoms with Gasteiger partial charge in [-0.25, -0.2) is 0 Å². The van der Waals surface area contributed by atoms with Gasteiger partial charge in [-0.1, -0.05) is 37.5 Å². The van der Waals surface area contributed by atoms with Gasteiger partial charge in [0.2, 0.25) is 11.0 Å². The molecule has 0 aliphatic heterocycles. The van der Waals surface area contributed by atoms with Crippen molar-refractivity contribution in [3.8, 4) is 0 Å². The van der Waals surface area contributed by atoms with Crippen molar-refractivity contribution < 1.29 is 4.79 Å². The van der Waals surface area contributed by atoms with Crippen LogP contribution in [-0.2, 0) is 11.2 Å². The van der Waals surface area contributed by atoms with Crippen LogP contribution in [0.4, 0.5) is 5.13 Å². The number of carbonyl (C=O) groups is 1. The Morgan fingerprint density at radius 3 is 2.90 bits per heavy atom. The molecule has 1 fully saturated rings. The zero-order valence-corrected chi connectivity index (χ0v) is 14.1. The molecule has 120 valence electrons. The molecule has 1 aromatic heterocycles. The summed E-state index contributed by atoms with van der Waals surface area (Å²) in [6.45, 7) is 2.18. The maximum atomic E-state index is 12.2. The van der Waals surface area contributed by atoms with Gasteiger partial charge in [-0.2, -0.15) is 0 Å². The van der Waals surface area contributed by atoms with Gasteiger partial charge in [-0.3, -0.25) is 4.79 Å². The van der Waals surface area contributed by atoms with Gasteiger partial charge in [0.25, 0.3) is 0 Å². The van der Waals surface area contributed by atoms with Crippen molar-refractivity contribution in [2.45, 2.75) is 64.3 Å². The van der Waals surface area contributed by atoms with Crippen LogP contribution >= 0.6 is 23.7 Å². The average Bonchev–Trinajstić information content (AvgIpc) is 2.86. The van der Waals surface area contributed by atoms with Gasteiger partial charge in [-0.15, -0.1) is 22.6 Å². The summed E-state index contributed by atoms with van der Waals surface area (Å²) in [4.78, 5) is 12.2. The molecule has 2 unspecified atom stereocenters. The van der Waals surface area contributed by atoms with Crippen molar-refractivity contribution >= 4 is 34.8 Å². The van der Waals surface area contributed by atoms with Crippen LogP contribution in [0.1, 0.15) is 56.9 Å². The quantitative estimate of drug-likeness (QED) is 0.784. The summed E-state index contributed by atoms with van der Waals surface area (Å²) < 4.78 is 0. The summed E-state index contributed by atoms with van der Waals surface area (Å²) in [6, 6.07) is 0.165. The molecule has 1 heterocycles. The van der Waals surface area contributed by atoms with Gasteiger partial charge >= 0.3 is 0 Å². The molecular formula is C14H25ClN4OS. The Hall–Kier alpha value is -0.720. The molecule has 0 bridgehead atoms. The number of carbonyl (C=O) groups excluding carboxylic acids is 1. The average molecular weight is 333 g/mol. The smallest absolute Gasteiger partial charge is 0.229 e. The lowest BCUT2D eigenvalue weighted by Crippen LogP contribution is -2.34. The van der Waals surface area contributed by atoms with Crippen molar-refractivity contribution in [2.75, 3.05) is 5.32 Å². The molecule has 2 atom stereocenters. The lowest BCUT2D eigenvalue weighted by Gasteiger charge is -2.25. The van der Waals surface area contributed by atoms with Crippen molar-refractivity contribution in [1.29, 1.82) is 0 Å². The first-order valence-corrected chi connectivity index (χ1v) is 8.39. The minimum Gasteiger partial charge on any atom is -0.328 e. The van der Waals surface area contributed by atoms with Crippen LogP contribution in [0.15, 0.2) is 0 Å². The molecule has 0 saturated heterocycles. The molecule has 7 heteroatoms. The molecule has 0 spiro atoms. The zero-order valence-electron chi connectivity index (χ0n) is 12.5. The standard InChI is InChI=1S/C14H24N4OS.ClH/c1-2-3-4-8-12-17-18-14(20-12)16-13(19)10-6-5-7-11(15)9-10;/h10-11H,2-9,15H2,1H3,(H,16,18,19);1H. The monoisotopic (exact) mass is 332 g/mol. The number of aromatic nitrogens is 2. The summed E-state index contributed by atoms with van der Waals surface area (Å²) in [5.41, 5.74) is 5.92. The molecule has 5 nitrogen and oxygen atoms in total. The maximum absolute atomic E-state index is 12.2. The van der Waals surface area contributed by atoms with Crippen LogP contribution in [0.3, 0.4) is 0 Å². The topological polar surface area (TPSA) is 80.9 Å². The largest absolute Gasteiger partial charge is 0.328 e. The molecular weight excluding hydrogens is 308 g/mol. The highest BCUT2D eigenvalue weighted by Gasteiger charge is 2.25. The van der Waals surface area contributed by atoms with Crippen LogP contribution < -0.4 is 11.1 Å². The van der Waals surface area contributed by atoms with E-state index in [1.54, 1.807) is 0 Å². The van der Waals surface area contributed by atoms with E-state index in [1.165, 1.54) is 24.2 Å². The fourth-order valence-electron chi connectivity index (χ4n) is 2.60. The predicted octanol–water partition coefficient (Wildman–Crippen LogP) is 3.15. The van der Waals surface area contributed by atoms with Crippen LogP contribution in [0.5, 0.6) is 0 Å². The number of amides is 1. The van der Waals surface area contributed by atoms with Gasteiger partial charge in [0.15, 0.2) is 0 Å². The highest BCUT2D eigenvalue weighted by atomic mass is 35.5. The number of rotatable bonds is 6. The molecule has 1 saturated carbocycles. The van der Waals surface area contributed by atoms with Crippen molar-refractivity contribution in [1.82, 2.24) is 10.2 Å². The Morgan fingerprint density at radius 2 is 2.19 bits per heavy atom. The molecule has 1 amide bonds. The normalized spacial score (nSPS) is 21.6. The Balaban J connectivity index is 0.00000220. The number of nitrogens with two attached hydrogens (primary N) is 1. The van der Waals surface area contributed by atoms with Crippen molar-refractivity contribution in [3.05, 3.63) is 5.01 Å². The zero-order chi connectivity index (χ0) is 14.4. The predicted molar refractivity (Wildman–Crippen MR) is 88.9 cm³/mol. The summed E-state index contributed by atoms with van der Waals surface area (Å²) in [6.07, 6.45) is 8.29. The summed E-state index contributed by atoms with van der Waals surface area (Å²) >= 11 is 1.49. The molecule has 1 aliphatic rings. The number of nitrogens with one attached hydrogen (secondary N) is 1. The van der Waals surface area contributed by atoms with E-state index in [0.717, 1.165) is 43.5 Å². The van der Waals surface area contributed by atoms with E-state index in [4.69, 9.17) is 5.73 Å². The fourth-order valence-corrected chi connectivity index (χ4v) is 3.39. The highest BCUT2D eigenvalue weighted by molar-refractivity contribution is 7.15. The van der Waals surface area contributed by atoms with E-state index in [9.17, 15) is 4.79 Å². The SMILES string of the molecule is CCCCCc1nnc(NC(=O)C2CCCC(N)C2)s1.Cl. The van der Waals surface area contributed by atoms with Crippen molar-refractivity contribution in [3.63, 3.8) is 0 Å². The van der Waals surface area contributed by atoms with Crippen LogP contribution in [0, 0.1) is 5.92 Å². The number of anilines is 1. The third kappa shape index (κ3) is 5.88. The van der Waals surface area contributed by atoms with Gasteiger partial charge in [0, 0.05) is 18.4 Å². The van der Waals surface area contributed by atoms with Gasteiger partial charge in [0.1, 0.15) is 5.01 Å². The van der Waals surface area contributed by atoms with E-state index in [2.05, 4.69) is 22.4 Å². The van der Waals surface area contributed by atoms with Crippen LogP contribution in [-0.4, -0.2) is 22.1 Å². The number of unbranched alkanes of at least 4 members (excludes halogenated alkanes) is 2. The maximum Gasteiger partial charge on any atom is 0.229 e. The lowest BCUT2D eigenvalue weighted by atomic mass is 9.86. The molecule has 1 aromatic rings. The second kappa shape index (κ2) is 9.33. The Bertz CT molecular complexity index is 440. The molecule has 1 aliphatic carbocycles. The molecule has 2 rings (SSSR count). The van der Waals surface area contributed by atoms with E-state index >= 15 is 0 Å². The minimum absolute atomic E-state index is 0. The number of nitrogens with zero attached hydrogens (tertiary/aromatic N) is 2. The number of hydrogen-bond donors (Lipinski definition) is 2. The third-order valence-electron chi connectivity index (χ3n) is 3.78. The summed E-state index contributed by atoms with van der Waals surface area (Å²) in [5.74, 6) is 0.0857. The second-order valence-electron chi connectivity index (χ2n) is 5.57. The first kappa shape index (κ1) is 18.3. The van der Waals surface area contributed by atoms with Crippen LogP contribution in [0.2, 0.25) is 0 Å². The highest BCUT2D eigenvalue weighted by Crippen LogP contribution is 2.25. The van der Waals surface area contributed by atoms with E-state index in [0.29, 0.717) is 5.13 Å². The van der Waals surface area contributed by atoms with E-state index in [1.807, 2.05) is 0 Å². The van der Waals surface area contributed by atoms with E-state index in [-0.39, 0.29) is 30.3 Å². The molecule has 0 radical (unpaired) electrons. The van der Waals surface area contributed by atoms with E-state index < -0.39 is 0 Å². The molecule has 0 aromatic carbocycles. The summed E-state index contributed by atoms with van der Waals surface area (Å²) in [7, 11) is 0. The first-order chi connectivity index (χ1) is 9.69. The van der Waals surface area contributed by atoms with Crippen molar-refractivity contribution in [2.24, 2.45) is 11.7 Å². The lowest BCUT2D eigenvalue weighted by molar-refractivity contribution is -0.120. The van der Waals surface area contributed by atoms with Gasteiger partial charge < -0.3 is 11.1 Å². The fraction of sp³-hybridized carbons (Fsp3) is 0.786. The van der Waals surface area contributed by atoms with Gasteiger partial charge in [-0.05, 0) is 25.7 Å². The second-order valence-corrected chi connectivity index (χ2v) is 6.63. The Kier molecular flexibility index (Phi) is 8.14. The number of halogens is 1. The summed E-state index contributed by atoms with van der Waals surface area (Å²) in [5, 5.41) is 12.7. The number of hydrogen-bond acceptors (Lipinski definition) is 5. The Morgan fingerprint density at radius 1 is 1.38 bits per heavy atom. The molecule has 3 N–H and O–H groups in total. The number of aryl methyl sites for hydroxylation is 1. The first-order valence-electron chi connectivity index (χ1n) is 7.58. The van der Waals surface area contributed by atoms with Gasteiger partial charge in [0.05, 0.1) is 0 Å². The third-order valence-corrected chi connectivity index (χ3v) is 4.68. The van der Waals surface area contributed by atoms with Crippen LogP contribution in [0.25, 0.3) is 0 Å². The minimum atomic E-state index is 0. The Labute approximate surface area is 136 Å². The molecule has 21 heavy (non-hydrogen) atoms.